The molecule has 0 aliphatic rings. The highest BCUT2D eigenvalue weighted by Gasteiger charge is 2.24. The van der Waals surface area contributed by atoms with Crippen LogP contribution in [0.25, 0.3) is 0 Å². The molecular weight excluding hydrogens is 190 g/mol. The Morgan fingerprint density at radius 2 is 1.80 bits per heavy atom. The minimum atomic E-state index is 0.138. The summed E-state index contributed by atoms with van der Waals surface area (Å²) in [5.74, 6) is 0. The lowest BCUT2D eigenvalue weighted by Gasteiger charge is -2.33. The second-order valence-electron chi connectivity index (χ2n) is 5.87. The lowest BCUT2D eigenvalue weighted by atomic mass is 9.82. The maximum atomic E-state index is 9.91. The van der Waals surface area contributed by atoms with Crippen LogP contribution in [-0.2, 0) is 9.53 Å². The molecule has 0 atom stereocenters. The summed E-state index contributed by atoms with van der Waals surface area (Å²) in [6, 6.07) is 0. The smallest absolute Gasteiger partial charge is 0.293 e. The molecule has 3 nitrogen and oxygen atoms in total. The van der Waals surface area contributed by atoms with Crippen molar-refractivity contribution < 1.29 is 9.53 Å². The lowest BCUT2D eigenvalue weighted by molar-refractivity contribution is -0.128. The van der Waals surface area contributed by atoms with Gasteiger partial charge in [-0.1, -0.05) is 20.8 Å². The van der Waals surface area contributed by atoms with Crippen molar-refractivity contribution in [3.05, 3.63) is 0 Å². The van der Waals surface area contributed by atoms with Gasteiger partial charge >= 0.3 is 0 Å². The van der Waals surface area contributed by atoms with Gasteiger partial charge in [0, 0.05) is 5.54 Å². The molecule has 0 aromatic carbocycles. The van der Waals surface area contributed by atoms with E-state index in [1.54, 1.807) is 0 Å². The summed E-state index contributed by atoms with van der Waals surface area (Å²) in [6.45, 7) is 13.0. The van der Waals surface area contributed by atoms with Crippen molar-refractivity contribution in [2.24, 2.45) is 5.41 Å². The maximum absolute atomic E-state index is 9.91. The average molecular weight is 215 g/mol. The molecule has 0 heterocycles. The normalized spacial score (nSPS) is 12.6. The number of ether oxygens (including phenoxy) is 1. The first kappa shape index (κ1) is 14.4. The Balaban J connectivity index is 3.69. The zero-order chi connectivity index (χ0) is 11.9. The minimum absolute atomic E-state index is 0.138. The Kier molecular flexibility index (Phi) is 5.88. The Labute approximate surface area is 93.6 Å². The second-order valence-corrected chi connectivity index (χ2v) is 5.87. The highest BCUT2D eigenvalue weighted by molar-refractivity contribution is 5.36. The van der Waals surface area contributed by atoms with Crippen LogP contribution in [0.4, 0.5) is 0 Å². The Bertz CT molecular complexity index is 183. The van der Waals surface area contributed by atoms with Crippen molar-refractivity contribution in [2.45, 2.75) is 53.0 Å². The summed E-state index contributed by atoms with van der Waals surface area (Å²) < 4.78 is 4.63. The van der Waals surface area contributed by atoms with Gasteiger partial charge in [-0.3, -0.25) is 4.79 Å². The second kappa shape index (κ2) is 6.11. The SMILES string of the molecule is CC(C)(C)CC(C)(C)NCCCOC=O. The lowest BCUT2D eigenvalue weighted by Crippen LogP contribution is -2.43. The van der Waals surface area contributed by atoms with Gasteiger partial charge < -0.3 is 10.1 Å². The fourth-order valence-electron chi connectivity index (χ4n) is 2.02. The highest BCUT2D eigenvalue weighted by atomic mass is 16.5. The van der Waals surface area contributed by atoms with Crippen LogP contribution in [0, 0.1) is 5.41 Å². The van der Waals surface area contributed by atoms with Crippen molar-refractivity contribution in [2.75, 3.05) is 13.2 Å². The molecule has 0 aromatic rings. The summed E-state index contributed by atoms with van der Waals surface area (Å²) in [6.07, 6.45) is 1.99. The van der Waals surface area contributed by atoms with Gasteiger partial charge in [0.1, 0.15) is 0 Å². The third-order valence-electron chi connectivity index (χ3n) is 2.08. The van der Waals surface area contributed by atoms with Gasteiger partial charge in [0.25, 0.3) is 6.47 Å². The molecule has 0 fully saturated rings. The van der Waals surface area contributed by atoms with E-state index in [-0.39, 0.29) is 5.54 Å². The van der Waals surface area contributed by atoms with Crippen LogP contribution in [0.5, 0.6) is 0 Å². The van der Waals surface area contributed by atoms with E-state index in [2.05, 4.69) is 44.7 Å². The van der Waals surface area contributed by atoms with E-state index >= 15 is 0 Å². The number of carbonyl (C=O) groups is 1. The van der Waals surface area contributed by atoms with E-state index in [9.17, 15) is 4.79 Å². The summed E-state index contributed by atoms with van der Waals surface area (Å²) >= 11 is 0. The molecule has 0 rings (SSSR count). The highest BCUT2D eigenvalue weighted by Crippen LogP contribution is 2.26. The molecule has 1 N–H and O–H groups in total. The van der Waals surface area contributed by atoms with Crippen molar-refractivity contribution in [1.29, 1.82) is 0 Å². The van der Waals surface area contributed by atoms with Crippen molar-refractivity contribution in [1.82, 2.24) is 5.32 Å². The van der Waals surface area contributed by atoms with Crippen LogP contribution in [-0.4, -0.2) is 25.2 Å². The Hall–Kier alpha value is -0.570. The van der Waals surface area contributed by atoms with Crippen molar-refractivity contribution in [3.8, 4) is 0 Å². The van der Waals surface area contributed by atoms with Crippen LogP contribution in [0.1, 0.15) is 47.5 Å². The topological polar surface area (TPSA) is 38.3 Å². The third kappa shape index (κ3) is 9.73. The number of rotatable bonds is 7. The predicted octanol–water partition coefficient (Wildman–Crippen LogP) is 2.35. The van der Waals surface area contributed by atoms with Crippen LogP contribution >= 0.6 is 0 Å². The molecule has 0 radical (unpaired) electrons. The molecular formula is C12H25NO2. The quantitative estimate of drug-likeness (QED) is 0.523. The Morgan fingerprint density at radius 3 is 2.27 bits per heavy atom. The molecule has 0 aliphatic carbocycles. The first-order valence-corrected chi connectivity index (χ1v) is 5.57. The molecule has 0 saturated carbocycles. The maximum Gasteiger partial charge on any atom is 0.293 e. The molecule has 15 heavy (non-hydrogen) atoms. The van der Waals surface area contributed by atoms with Crippen LogP contribution in [0.15, 0.2) is 0 Å². The largest absolute Gasteiger partial charge is 0.468 e. The zero-order valence-corrected chi connectivity index (χ0v) is 10.7. The summed E-state index contributed by atoms with van der Waals surface area (Å²) in [4.78, 5) is 9.91. The van der Waals surface area contributed by atoms with E-state index in [0.29, 0.717) is 18.5 Å². The molecule has 0 aliphatic heterocycles. The van der Waals surface area contributed by atoms with E-state index in [0.717, 1.165) is 19.4 Å². The number of nitrogens with one attached hydrogen (secondary N) is 1. The standard InChI is InChI=1S/C12H25NO2/c1-11(2,3)9-12(4,5)13-7-6-8-15-10-14/h10,13H,6-9H2,1-5H3. The zero-order valence-electron chi connectivity index (χ0n) is 10.7. The fourth-order valence-corrected chi connectivity index (χ4v) is 2.02. The van der Waals surface area contributed by atoms with Gasteiger partial charge in [-0.25, -0.2) is 0 Å². The summed E-state index contributed by atoms with van der Waals surface area (Å²) in [7, 11) is 0. The van der Waals surface area contributed by atoms with Gasteiger partial charge in [0.15, 0.2) is 0 Å². The van der Waals surface area contributed by atoms with E-state index < -0.39 is 0 Å². The molecule has 0 aromatic heterocycles. The first-order valence-electron chi connectivity index (χ1n) is 5.57. The Morgan fingerprint density at radius 1 is 1.20 bits per heavy atom. The summed E-state index contributed by atoms with van der Waals surface area (Å²) in [5.41, 5.74) is 0.467. The molecule has 0 spiro atoms. The molecule has 0 saturated heterocycles. The molecule has 0 amide bonds. The van der Waals surface area contributed by atoms with Crippen molar-refractivity contribution >= 4 is 6.47 Å². The summed E-state index contributed by atoms with van der Waals surface area (Å²) in [5, 5.41) is 3.48. The molecule has 90 valence electrons. The number of carbonyl (C=O) groups excluding carboxylic acids is 1. The van der Waals surface area contributed by atoms with E-state index in [4.69, 9.17) is 0 Å². The van der Waals surface area contributed by atoms with Crippen molar-refractivity contribution in [3.63, 3.8) is 0 Å². The predicted molar refractivity (Wildman–Crippen MR) is 62.8 cm³/mol. The number of hydrogen-bond donors (Lipinski definition) is 1. The minimum Gasteiger partial charge on any atom is -0.468 e. The third-order valence-corrected chi connectivity index (χ3v) is 2.08. The number of hydrogen-bond acceptors (Lipinski definition) is 3. The first-order chi connectivity index (χ1) is 6.77. The average Bonchev–Trinajstić information content (AvgIpc) is 1.99. The van der Waals surface area contributed by atoms with Crippen LogP contribution < -0.4 is 5.32 Å². The molecule has 0 unspecified atom stereocenters. The van der Waals surface area contributed by atoms with Gasteiger partial charge in [-0.2, -0.15) is 0 Å². The monoisotopic (exact) mass is 215 g/mol. The van der Waals surface area contributed by atoms with Gasteiger partial charge in [-0.05, 0) is 38.6 Å². The van der Waals surface area contributed by atoms with Gasteiger partial charge in [0.2, 0.25) is 0 Å². The fraction of sp³-hybridized carbons (Fsp3) is 0.917. The van der Waals surface area contributed by atoms with Crippen LogP contribution in [0.2, 0.25) is 0 Å². The van der Waals surface area contributed by atoms with Gasteiger partial charge in [-0.15, -0.1) is 0 Å². The van der Waals surface area contributed by atoms with Gasteiger partial charge in [0.05, 0.1) is 6.61 Å². The van der Waals surface area contributed by atoms with Crippen LogP contribution in [0.3, 0.4) is 0 Å². The molecule has 0 bridgehead atoms. The van der Waals surface area contributed by atoms with E-state index in [1.165, 1.54) is 0 Å². The van der Waals surface area contributed by atoms with E-state index in [1.807, 2.05) is 0 Å². The molecule has 3 heteroatoms.